The van der Waals surface area contributed by atoms with E-state index in [1.807, 2.05) is 17.8 Å². The molecule has 1 rings (SSSR count). The van der Waals surface area contributed by atoms with Gasteiger partial charge in [-0.15, -0.1) is 0 Å². The molecule has 5 heteroatoms. The van der Waals surface area contributed by atoms with Crippen LogP contribution in [0.2, 0.25) is 5.15 Å². The monoisotopic (exact) mass is 287 g/mol. The van der Waals surface area contributed by atoms with Gasteiger partial charge >= 0.3 is 0 Å². The van der Waals surface area contributed by atoms with Crippen molar-refractivity contribution < 1.29 is 0 Å². The van der Waals surface area contributed by atoms with Gasteiger partial charge in [-0.25, -0.2) is 9.97 Å². The Bertz CT molecular complexity index is 384. The van der Waals surface area contributed by atoms with E-state index >= 15 is 0 Å². The zero-order valence-corrected chi connectivity index (χ0v) is 13.3. The summed E-state index contributed by atoms with van der Waals surface area (Å²) in [5.74, 6) is 3.16. The maximum Gasteiger partial charge on any atom is 0.135 e. The molecule has 0 aliphatic carbocycles. The molecular weight excluding hydrogens is 266 g/mol. The minimum atomic E-state index is 0.289. The third kappa shape index (κ3) is 4.32. The molecule has 0 aliphatic rings. The van der Waals surface area contributed by atoms with Crippen LogP contribution in [0.3, 0.4) is 0 Å². The van der Waals surface area contributed by atoms with Crippen molar-refractivity contribution in [1.82, 2.24) is 9.97 Å². The van der Waals surface area contributed by atoms with Crippen LogP contribution < -0.4 is 4.90 Å². The molecule has 3 nitrogen and oxygen atoms in total. The fourth-order valence-electron chi connectivity index (χ4n) is 1.57. The average Bonchev–Trinajstić information content (AvgIpc) is 2.34. The van der Waals surface area contributed by atoms with Crippen molar-refractivity contribution in [3.63, 3.8) is 0 Å². The first kappa shape index (κ1) is 15.6. The smallest absolute Gasteiger partial charge is 0.135 e. The van der Waals surface area contributed by atoms with Gasteiger partial charge in [-0.3, -0.25) is 0 Å². The van der Waals surface area contributed by atoms with E-state index in [0.717, 1.165) is 23.8 Å². The van der Waals surface area contributed by atoms with Crippen molar-refractivity contribution >= 4 is 29.2 Å². The van der Waals surface area contributed by atoms with Gasteiger partial charge in [0, 0.05) is 25.1 Å². The van der Waals surface area contributed by atoms with Crippen LogP contribution in [0, 0.1) is 0 Å². The fourth-order valence-corrected chi connectivity index (χ4v) is 2.33. The van der Waals surface area contributed by atoms with Gasteiger partial charge in [0.25, 0.3) is 0 Å². The van der Waals surface area contributed by atoms with E-state index in [0.29, 0.717) is 11.2 Å². The predicted octanol–water partition coefficient (Wildman–Crippen LogP) is 3.83. The summed E-state index contributed by atoms with van der Waals surface area (Å²) in [6.45, 7) is 6.36. The SMILES string of the molecule is CSCCC(C)N(C)c1cc(Cl)nc(C(C)C)n1. The Morgan fingerprint density at radius 2 is 2.00 bits per heavy atom. The van der Waals surface area contributed by atoms with Crippen LogP contribution in [0.1, 0.15) is 38.9 Å². The molecule has 0 saturated heterocycles. The van der Waals surface area contributed by atoms with Gasteiger partial charge < -0.3 is 4.90 Å². The quantitative estimate of drug-likeness (QED) is 0.744. The van der Waals surface area contributed by atoms with Crippen LogP contribution in [-0.2, 0) is 0 Å². The van der Waals surface area contributed by atoms with Crippen LogP contribution in [0.4, 0.5) is 5.82 Å². The molecule has 0 aromatic carbocycles. The van der Waals surface area contributed by atoms with E-state index in [9.17, 15) is 0 Å². The van der Waals surface area contributed by atoms with Crippen LogP contribution in [0.25, 0.3) is 0 Å². The minimum absolute atomic E-state index is 0.289. The van der Waals surface area contributed by atoms with Crippen LogP contribution in [0.15, 0.2) is 6.07 Å². The van der Waals surface area contributed by atoms with Crippen molar-refractivity contribution in [2.75, 3.05) is 24.0 Å². The minimum Gasteiger partial charge on any atom is -0.357 e. The Kier molecular flexibility index (Phi) is 6.22. The molecule has 0 N–H and O–H groups in total. The molecule has 0 amide bonds. The molecular formula is C13H22ClN3S. The second-order valence-corrected chi connectivity index (χ2v) is 6.18. The van der Waals surface area contributed by atoms with E-state index in [2.05, 4.69) is 48.9 Å². The molecule has 0 aliphatic heterocycles. The summed E-state index contributed by atoms with van der Waals surface area (Å²) in [6, 6.07) is 2.28. The second kappa shape index (κ2) is 7.19. The normalized spacial score (nSPS) is 12.8. The largest absolute Gasteiger partial charge is 0.357 e. The number of halogens is 1. The van der Waals surface area contributed by atoms with Gasteiger partial charge in [-0.2, -0.15) is 11.8 Å². The van der Waals surface area contributed by atoms with E-state index in [-0.39, 0.29) is 5.92 Å². The van der Waals surface area contributed by atoms with Crippen LogP contribution in [-0.4, -0.2) is 35.1 Å². The number of hydrogen-bond donors (Lipinski definition) is 0. The van der Waals surface area contributed by atoms with Crippen molar-refractivity contribution in [2.45, 2.75) is 39.2 Å². The Morgan fingerprint density at radius 1 is 1.33 bits per heavy atom. The van der Waals surface area contributed by atoms with Crippen molar-refractivity contribution in [3.05, 3.63) is 17.0 Å². The predicted molar refractivity (Wildman–Crippen MR) is 82.0 cm³/mol. The van der Waals surface area contributed by atoms with Crippen molar-refractivity contribution in [1.29, 1.82) is 0 Å². The molecule has 1 heterocycles. The van der Waals surface area contributed by atoms with Crippen molar-refractivity contribution in [3.8, 4) is 0 Å². The van der Waals surface area contributed by atoms with Gasteiger partial charge in [-0.1, -0.05) is 25.4 Å². The van der Waals surface area contributed by atoms with E-state index in [4.69, 9.17) is 11.6 Å². The summed E-state index contributed by atoms with van der Waals surface area (Å²) >= 11 is 7.93. The van der Waals surface area contributed by atoms with Gasteiger partial charge in [0.15, 0.2) is 0 Å². The summed E-state index contributed by atoms with van der Waals surface area (Å²) in [6.07, 6.45) is 3.27. The fraction of sp³-hybridized carbons (Fsp3) is 0.692. The zero-order chi connectivity index (χ0) is 13.7. The molecule has 1 aromatic rings. The number of anilines is 1. The lowest BCUT2D eigenvalue weighted by molar-refractivity contribution is 0.655. The van der Waals surface area contributed by atoms with Gasteiger partial charge in [0.05, 0.1) is 0 Å². The lowest BCUT2D eigenvalue weighted by atomic mass is 10.2. The lowest BCUT2D eigenvalue weighted by Crippen LogP contribution is -2.30. The first-order chi connectivity index (χ1) is 8.45. The first-order valence-corrected chi connectivity index (χ1v) is 7.99. The topological polar surface area (TPSA) is 29.0 Å². The number of aromatic nitrogens is 2. The molecule has 1 atom stereocenters. The highest BCUT2D eigenvalue weighted by atomic mass is 35.5. The molecule has 102 valence electrons. The van der Waals surface area contributed by atoms with Gasteiger partial charge in [-0.05, 0) is 25.4 Å². The Hall–Kier alpha value is -0.480. The standard InChI is InChI=1S/C13H22ClN3S/c1-9(2)13-15-11(14)8-12(16-13)17(4)10(3)6-7-18-5/h8-10H,6-7H2,1-5H3. The van der Waals surface area contributed by atoms with Crippen LogP contribution in [0.5, 0.6) is 0 Å². The summed E-state index contributed by atoms with van der Waals surface area (Å²) < 4.78 is 0. The third-order valence-electron chi connectivity index (χ3n) is 2.98. The average molecular weight is 288 g/mol. The maximum atomic E-state index is 6.07. The summed E-state index contributed by atoms with van der Waals surface area (Å²) in [5, 5.41) is 0.521. The summed E-state index contributed by atoms with van der Waals surface area (Å²) in [4.78, 5) is 11.0. The molecule has 18 heavy (non-hydrogen) atoms. The molecule has 0 radical (unpaired) electrons. The lowest BCUT2D eigenvalue weighted by Gasteiger charge is -2.26. The van der Waals surface area contributed by atoms with E-state index in [1.54, 1.807) is 0 Å². The van der Waals surface area contributed by atoms with Gasteiger partial charge in [0.2, 0.25) is 0 Å². The molecule has 0 fully saturated rings. The third-order valence-corrected chi connectivity index (χ3v) is 3.81. The highest BCUT2D eigenvalue weighted by molar-refractivity contribution is 7.98. The zero-order valence-electron chi connectivity index (χ0n) is 11.8. The number of nitrogens with zero attached hydrogens (tertiary/aromatic N) is 3. The van der Waals surface area contributed by atoms with Crippen molar-refractivity contribution in [2.24, 2.45) is 0 Å². The Labute approximate surface area is 119 Å². The van der Waals surface area contributed by atoms with Crippen LogP contribution >= 0.6 is 23.4 Å². The second-order valence-electron chi connectivity index (χ2n) is 4.80. The highest BCUT2D eigenvalue weighted by Crippen LogP contribution is 2.21. The Balaban J connectivity index is 2.87. The molecule has 1 unspecified atom stereocenters. The number of rotatable bonds is 6. The Morgan fingerprint density at radius 3 is 2.56 bits per heavy atom. The molecule has 1 aromatic heterocycles. The highest BCUT2D eigenvalue weighted by Gasteiger charge is 2.14. The molecule has 0 bridgehead atoms. The van der Waals surface area contributed by atoms with E-state index in [1.165, 1.54) is 0 Å². The van der Waals surface area contributed by atoms with Gasteiger partial charge in [0.1, 0.15) is 16.8 Å². The molecule has 0 saturated carbocycles. The maximum absolute atomic E-state index is 6.07. The van der Waals surface area contributed by atoms with E-state index < -0.39 is 0 Å². The first-order valence-electron chi connectivity index (χ1n) is 6.22. The summed E-state index contributed by atoms with van der Waals surface area (Å²) in [7, 11) is 2.06. The summed E-state index contributed by atoms with van der Waals surface area (Å²) in [5.41, 5.74) is 0. The number of thioether (sulfide) groups is 1. The number of hydrogen-bond acceptors (Lipinski definition) is 4. The molecule has 0 spiro atoms.